The quantitative estimate of drug-likeness (QED) is 0.321. The van der Waals surface area contributed by atoms with Crippen LogP contribution < -0.4 is 0 Å². The van der Waals surface area contributed by atoms with Gasteiger partial charge in [0.1, 0.15) is 6.54 Å². The van der Waals surface area contributed by atoms with Crippen LogP contribution in [-0.4, -0.2) is 30.8 Å². The number of benzene rings is 1. The van der Waals surface area contributed by atoms with Crippen molar-refractivity contribution in [1.82, 2.24) is 0 Å². The Labute approximate surface area is 109 Å². The van der Waals surface area contributed by atoms with Crippen molar-refractivity contribution in [3.05, 3.63) is 48.6 Å². The van der Waals surface area contributed by atoms with Crippen LogP contribution in [0.3, 0.4) is 0 Å². The summed E-state index contributed by atoms with van der Waals surface area (Å²) in [6.45, 7) is 7.76. The molecule has 1 aromatic rings. The zero-order valence-electron chi connectivity index (χ0n) is 11.3. The molecule has 3 heteroatoms. The Bertz CT molecular complexity index is 389. The Morgan fingerprint density at radius 3 is 2.61 bits per heavy atom. The molecule has 0 saturated heterocycles. The van der Waals surface area contributed by atoms with Crippen molar-refractivity contribution < 1.29 is 14.0 Å². The fourth-order valence-electron chi connectivity index (χ4n) is 2.03. The third-order valence-electron chi connectivity index (χ3n) is 2.86. The lowest BCUT2D eigenvalue weighted by Crippen LogP contribution is -2.46. The van der Waals surface area contributed by atoms with E-state index in [-0.39, 0.29) is 5.97 Å². The SMILES string of the molecule is C=CC(=O)OC[N+](C)(CCC)Cc1ccccc1. The molecule has 0 amide bonds. The second-order valence-corrected chi connectivity index (χ2v) is 4.78. The maximum Gasteiger partial charge on any atom is 0.334 e. The second kappa shape index (κ2) is 6.97. The van der Waals surface area contributed by atoms with Gasteiger partial charge in [0, 0.05) is 11.6 Å². The van der Waals surface area contributed by atoms with E-state index in [1.165, 1.54) is 11.6 Å². The van der Waals surface area contributed by atoms with Crippen molar-refractivity contribution in [2.45, 2.75) is 19.9 Å². The molecular formula is C15H22NO2+. The van der Waals surface area contributed by atoms with Crippen LogP contribution >= 0.6 is 0 Å². The molecular weight excluding hydrogens is 226 g/mol. The first kappa shape index (κ1) is 14.5. The van der Waals surface area contributed by atoms with Gasteiger partial charge < -0.3 is 4.74 Å². The first-order chi connectivity index (χ1) is 8.59. The molecule has 0 aliphatic carbocycles. The number of esters is 1. The van der Waals surface area contributed by atoms with E-state index in [9.17, 15) is 4.79 Å². The number of hydrogen-bond acceptors (Lipinski definition) is 2. The van der Waals surface area contributed by atoms with Crippen molar-refractivity contribution in [3.63, 3.8) is 0 Å². The van der Waals surface area contributed by atoms with Crippen molar-refractivity contribution >= 4 is 5.97 Å². The van der Waals surface area contributed by atoms with Crippen molar-refractivity contribution in [1.29, 1.82) is 0 Å². The van der Waals surface area contributed by atoms with E-state index in [0.717, 1.165) is 19.5 Å². The molecule has 1 atom stereocenters. The summed E-state index contributed by atoms with van der Waals surface area (Å²) in [6.07, 6.45) is 2.26. The first-order valence-electron chi connectivity index (χ1n) is 6.26. The van der Waals surface area contributed by atoms with Crippen LogP contribution in [0, 0.1) is 0 Å². The van der Waals surface area contributed by atoms with Crippen molar-refractivity contribution in [2.24, 2.45) is 0 Å². The van der Waals surface area contributed by atoms with Gasteiger partial charge in [-0.3, -0.25) is 4.48 Å². The standard InChI is InChI=1S/C15H22NO2/c1-4-11-16(3,13-18-15(17)5-2)12-14-9-7-6-8-10-14/h5-10H,2,4,11-13H2,1,3H3/q+1. The maximum atomic E-state index is 11.2. The van der Waals surface area contributed by atoms with Crippen molar-refractivity contribution in [3.8, 4) is 0 Å². The highest BCUT2D eigenvalue weighted by Gasteiger charge is 2.22. The second-order valence-electron chi connectivity index (χ2n) is 4.78. The lowest BCUT2D eigenvalue weighted by molar-refractivity contribution is -0.938. The first-order valence-corrected chi connectivity index (χ1v) is 6.26. The predicted octanol–water partition coefficient (Wildman–Crippen LogP) is 2.73. The summed E-state index contributed by atoms with van der Waals surface area (Å²) in [6, 6.07) is 10.3. The third-order valence-corrected chi connectivity index (χ3v) is 2.86. The minimum Gasteiger partial charge on any atom is -0.412 e. The van der Waals surface area contributed by atoms with E-state index in [2.05, 4.69) is 32.7 Å². The average molecular weight is 248 g/mol. The molecule has 0 heterocycles. The van der Waals surface area contributed by atoms with E-state index in [1.807, 2.05) is 18.2 Å². The van der Waals surface area contributed by atoms with Gasteiger partial charge in [-0.2, -0.15) is 0 Å². The predicted molar refractivity (Wildman–Crippen MR) is 72.6 cm³/mol. The minimum atomic E-state index is -0.358. The number of carbonyl (C=O) groups excluding carboxylic acids is 1. The number of hydrogen-bond donors (Lipinski definition) is 0. The fraction of sp³-hybridized carbons (Fsp3) is 0.400. The molecule has 0 spiro atoms. The Kier molecular flexibility index (Phi) is 5.59. The number of nitrogens with zero attached hydrogens (tertiary/aromatic N) is 1. The number of quaternary nitrogens is 1. The zero-order valence-corrected chi connectivity index (χ0v) is 11.3. The zero-order chi connectivity index (χ0) is 13.4. The third kappa shape index (κ3) is 4.72. The molecule has 0 radical (unpaired) electrons. The van der Waals surface area contributed by atoms with Gasteiger partial charge in [-0.25, -0.2) is 4.79 Å². The maximum absolute atomic E-state index is 11.2. The highest BCUT2D eigenvalue weighted by molar-refractivity contribution is 5.81. The van der Waals surface area contributed by atoms with Gasteiger partial charge >= 0.3 is 5.97 Å². The summed E-state index contributed by atoms with van der Waals surface area (Å²) in [5, 5.41) is 0. The smallest absolute Gasteiger partial charge is 0.334 e. The monoisotopic (exact) mass is 248 g/mol. The summed E-state index contributed by atoms with van der Waals surface area (Å²) in [7, 11) is 2.10. The molecule has 3 nitrogen and oxygen atoms in total. The number of rotatable bonds is 7. The van der Waals surface area contributed by atoms with Crippen LogP contribution in [-0.2, 0) is 16.1 Å². The van der Waals surface area contributed by atoms with Crippen LogP contribution in [0.15, 0.2) is 43.0 Å². The highest BCUT2D eigenvalue weighted by atomic mass is 16.5. The largest absolute Gasteiger partial charge is 0.412 e. The molecule has 0 aliphatic heterocycles. The Hall–Kier alpha value is -1.61. The van der Waals surface area contributed by atoms with Crippen LogP contribution in [0.2, 0.25) is 0 Å². The number of ether oxygens (including phenoxy) is 1. The fourth-order valence-corrected chi connectivity index (χ4v) is 2.03. The van der Waals surface area contributed by atoms with E-state index >= 15 is 0 Å². The summed E-state index contributed by atoms with van der Waals surface area (Å²) in [5.74, 6) is -0.358. The van der Waals surface area contributed by atoms with Crippen LogP contribution in [0.25, 0.3) is 0 Å². The van der Waals surface area contributed by atoms with Gasteiger partial charge in [-0.1, -0.05) is 43.8 Å². The molecule has 0 saturated carbocycles. The topological polar surface area (TPSA) is 26.3 Å². The summed E-state index contributed by atoms with van der Waals surface area (Å²) in [5.41, 5.74) is 1.25. The molecule has 98 valence electrons. The lowest BCUT2D eigenvalue weighted by Gasteiger charge is -2.33. The molecule has 1 aromatic carbocycles. The molecule has 0 fully saturated rings. The van der Waals surface area contributed by atoms with Gasteiger partial charge in [0.25, 0.3) is 0 Å². The summed E-state index contributed by atoms with van der Waals surface area (Å²) >= 11 is 0. The molecule has 0 N–H and O–H groups in total. The van der Waals surface area contributed by atoms with Gasteiger partial charge in [-0.05, 0) is 6.42 Å². The van der Waals surface area contributed by atoms with Gasteiger partial charge in [0.05, 0.1) is 13.6 Å². The van der Waals surface area contributed by atoms with Gasteiger partial charge in [-0.15, -0.1) is 0 Å². The van der Waals surface area contributed by atoms with Gasteiger partial charge in [0.2, 0.25) is 6.73 Å². The Morgan fingerprint density at radius 2 is 2.06 bits per heavy atom. The molecule has 1 unspecified atom stereocenters. The number of carbonyl (C=O) groups is 1. The summed E-state index contributed by atoms with van der Waals surface area (Å²) < 4.78 is 5.89. The molecule has 18 heavy (non-hydrogen) atoms. The highest BCUT2D eigenvalue weighted by Crippen LogP contribution is 2.13. The molecule has 0 bridgehead atoms. The van der Waals surface area contributed by atoms with Gasteiger partial charge in [0.15, 0.2) is 0 Å². The average Bonchev–Trinajstić information content (AvgIpc) is 2.37. The Balaban J connectivity index is 2.67. The van der Waals surface area contributed by atoms with E-state index < -0.39 is 0 Å². The van der Waals surface area contributed by atoms with Crippen molar-refractivity contribution in [2.75, 3.05) is 20.3 Å². The Morgan fingerprint density at radius 1 is 1.39 bits per heavy atom. The van der Waals surface area contributed by atoms with Crippen LogP contribution in [0.5, 0.6) is 0 Å². The van der Waals surface area contributed by atoms with Crippen LogP contribution in [0.4, 0.5) is 0 Å². The van der Waals surface area contributed by atoms with E-state index in [4.69, 9.17) is 4.74 Å². The minimum absolute atomic E-state index is 0.358. The molecule has 1 rings (SSSR count). The summed E-state index contributed by atoms with van der Waals surface area (Å²) in [4.78, 5) is 11.2. The molecule has 0 aliphatic rings. The molecule has 0 aromatic heterocycles. The van der Waals surface area contributed by atoms with E-state index in [1.54, 1.807) is 0 Å². The van der Waals surface area contributed by atoms with E-state index in [0.29, 0.717) is 11.2 Å². The normalized spacial score (nSPS) is 13.7. The lowest BCUT2D eigenvalue weighted by atomic mass is 10.2. The van der Waals surface area contributed by atoms with Crippen LogP contribution in [0.1, 0.15) is 18.9 Å².